The van der Waals surface area contributed by atoms with Gasteiger partial charge in [-0.15, -0.1) is 0 Å². The summed E-state index contributed by atoms with van der Waals surface area (Å²) in [4.78, 5) is 28.5. The molecule has 0 saturated carbocycles. The first kappa shape index (κ1) is 15.2. The number of likely N-dealkylation sites (tertiary alicyclic amines) is 2. The van der Waals surface area contributed by atoms with E-state index in [1.165, 1.54) is 24.3 Å². The largest absolute Gasteiger partial charge is 0.341 e. The van der Waals surface area contributed by atoms with Crippen molar-refractivity contribution in [1.29, 1.82) is 0 Å². The van der Waals surface area contributed by atoms with Gasteiger partial charge in [0, 0.05) is 37.5 Å². The molecular formula is C17H21FN2O2. The lowest BCUT2D eigenvalue weighted by atomic mass is 10.1. The predicted octanol–water partition coefficient (Wildman–Crippen LogP) is 1.95. The van der Waals surface area contributed by atoms with Crippen LogP contribution in [0.4, 0.5) is 4.39 Å². The number of likely N-dealkylation sites (N-methyl/N-ethyl adjacent to an activating group) is 1. The lowest BCUT2D eigenvalue weighted by molar-refractivity contribution is -0.130. The molecule has 0 aliphatic carbocycles. The molecule has 1 aromatic rings. The third-order valence-electron chi connectivity index (χ3n) is 4.91. The Labute approximate surface area is 129 Å². The van der Waals surface area contributed by atoms with Crippen molar-refractivity contribution in [1.82, 2.24) is 9.80 Å². The fourth-order valence-corrected chi connectivity index (χ4v) is 3.53. The number of amides is 1. The summed E-state index contributed by atoms with van der Waals surface area (Å²) in [7, 11) is 2.11. The van der Waals surface area contributed by atoms with E-state index in [-0.39, 0.29) is 30.3 Å². The molecule has 0 spiro atoms. The van der Waals surface area contributed by atoms with Gasteiger partial charge in [-0.05, 0) is 50.2 Å². The second-order valence-electron chi connectivity index (χ2n) is 6.33. The lowest BCUT2D eigenvalue weighted by Crippen LogP contribution is -2.35. The number of hydrogen-bond acceptors (Lipinski definition) is 3. The zero-order valence-electron chi connectivity index (χ0n) is 12.8. The third kappa shape index (κ3) is 3.04. The number of halogens is 1. The molecule has 5 heteroatoms. The minimum Gasteiger partial charge on any atom is -0.341 e. The maximum atomic E-state index is 12.8. The van der Waals surface area contributed by atoms with Gasteiger partial charge in [0.25, 0.3) is 0 Å². The first-order valence-electron chi connectivity index (χ1n) is 7.81. The van der Waals surface area contributed by atoms with Crippen LogP contribution in [-0.4, -0.2) is 54.2 Å². The SMILES string of the molecule is CN1CC[C@H]2CN(C(=O)CCC(=O)c3ccc(F)cc3)C[C@H]21. The van der Waals surface area contributed by atoms with E-state index in [9.17, 15) is 14.0 Å². The molecule has 0 radical (unpaired) electrons. The van der Waals surface area contributed by atoms with Crippen LogP contribution in [0.15, 0.2) is 24.3 Å². The van der Waals surface area contributed by atoms with E-state index in [2.05, 4.69) is 11.9 Å². The van der Waals surface area contributed by atoms with Gasteiger partial charge in [0.15, 0.2) is 5.78 Å². The van der Waals surface area contributed by atoms with Gasteiger partial charge in [-0.25, -0.2) is 4.39 Å². The molecule has 0 unspecified atom stereocenters. The maximum Gasteiger partial charge on any atom is 0.223 e. The number of nitrogens with zero attached hydrogens (tertiary/aromatic N) is 2. The van der Waals surface area contributed by atoms with Crippen LogP contribution < -0.4 is 0 Å². The average molecular weight is 304 g/mol. The number of fused-ring (bicyclic) bond motifs is 1. The Morgan fingerprint density at radius 1 is 1.18 bits per heavy atom. The normalized spacial score (nSPS) is 24.5. The van der Waals surface area contributed by atoms with Crippen LogP contribution in [0.25, 0.3) is 0 Å². The van der Waals surface area contributed by atoms with E-state index in [0.717, 1.165) is 26.1 Å². The van der Waals surface area contributed by atoms with Crippen molar-refractivity contribution < 1.29 is 14.0 Å². The second kappa shape index (κ2) is 6.16. The Hall–Kier alpha value is -1.75. The number of carbonyl (C=O) groups is 2. The third-order valence-corrected chi connectivity index (χ3v) is 4.91. The van der Waals surface area contributed by atoms with Gasteiger partial charge in [0.05, 0.1) is 0 Å². The van der Waals surface area contributed by atoms with Crippen LogP contribution in [-0.2, 0) is 4.79 Å². The van der Waals surface area contributed by atoms with Gasteiger partial charge >= 0.3 is 0 Å². The topological polar surface area (TPSA) is 40.6 Å². The van der Waals surface area contributed by atoms with E-state index < -0.39 is 0 Å². The summed E-state index contributed by atoms with van der Waals surface area (Å²) in [6.07, 6.45) is 1.57. The van der Waals surface area contributed by atoms with Crippen LogP contribution in [0.2, 0.25) is 0 Å². The summed E-state index contributed by atoms with van der Waals surface area (Å²) >= 11 is 0. The van der Waals surface area contributed by atoms with Crippen molar-refractivity contribution in [2.45, 2.75) is 25.3 Å². The van der Waals surface area contributed by atoms with Gasteiger partial charge in [0.2, 0.25) is 5.91 Å². The van der Waals surface area contributed by atoms with Gasteiger partial charge in [-0.1, -0.05) is 0 Å². The smallest absolute Gasteiger partial charge is 0.223 e. The maximum absolute atomic E-state index is 12.8. The number of Topliss-reactive ketones (excluding diaryl/α,β-unsaturated/α-hetero) is 1. The molecule has 118 valence electrons. The molecule has 0 bridgehead atoms. The van der Waals surface area contributed by atoms with Crippen molar-refractivity contribution in [2.75, 3.05) is 26.7 Å². The molecule has 2 saturated heterocycles. The Morgan fingerprint density at radius 3 is 2.59 bits per heavy atom. The van der Waals surface area contributed by atoms with Crippen molar-refractivity contribution in [3.05, 3.63) is 35.6 Å². The minimum absolute atomic E-state index is 0.0539. The molecule has 2 atom stereocenters. The van der Waals surface area contributed by atoms with Crippen molar-refractivity contribution in [2.24, 2.45) is 5.92 Å². The van der Waals surface area contributed by atoms with E-state index in [4.69, 9.17) is 0 Å². The molecule has 0 N–H and O–H groups in total. The van der Waals surface area contributed by atoms with Crippen LogP contribution in [0.1, 0.15) is 29.6 Å². The highest BCUT2D eigenvalue weighted by atomic mass is 19.1. The summed E-state index contributed by atoms with van der Waals surface area (Å²) < 4.78 is 12.8. The molecular weight excluding hydrogens is 283 g/mol. The first-order chi connectivity index (χ1) is 10.5. The molecule has 3 rings (SSSR count). The van der Waals surface area contributed by atoms with Crippen molar-refractivity contribution in [3.63, 3.8) is 0 Å². The van der Waals surface area contributed by atoms with E-state index in [1.54, 1.807) is 0 Å². The summed E-state index contributed by atoms with van der Waals surface area (Å²) in [5, 5.41) is 0. The number of ketones is 1. The molecule has 2 aliphatic heterocycles. The lowest BCUT2D eigenvalue weighted by Gasteiger charge is -2.20. The molecule has 1 aromatic carbocycles. The van der Waals surface area contributed by atoms with E-state index in [0.29, 0.717) is 17.5 Å². The number of rotatable bonds is 4. The Balaban J connectivity index is 1.50. The zero-order chi connectivity index (χ0) is 15.7. The molecule has 4 nitrogen and oxygen atoms in total. The quantitative estimate of drug-likeness (QED) is 0.798. The van der Waals surface area contributed by atoms with Gasteiger partial charge in [-0.3, -0.25) is 9.59 Å². The van der Waals surface area contributed by atoms with E-state index >= 15 is 0 Å². The predicted molar refractivity (Wildman–Crippen MR) is 81.1 cm³/mol. The standard InChI is InChI=1S/C17H21FN2O2/c1-19-9-8-13-10-20(11-15(13)19)17(22)7-6-16(21)12-2-4-14(18)5-3-12/h2-5,13,15H,6-11H2,1H3/t13-,15+/m0/s1. The summed E-state index contributed by atoms with van der Waals surface area (Å²) in [5.41, 5.74) is 0.465. The van der Waals surface area contributed by atoms with Crippen molar-refractivity contribution >= 4 is 11.7 Å². The molecule has 22 heavy (non-hydrogen) atoms. The van der Waals surface area contributed by atoms with Crippen molar-refractivity contribution in [3.8, 4) is 0 Å². The van der Waals surface area contributed by atoms with Crippen LogP contribution in [0.3, 0.4) is 0 Å². The fourth-order valence-electron chi connectivity index (χ4n) is 3.53. The van der Waals surface area contributed by atoms with E-state index in [1.807, 2.05) is 4.90 Å². The minimum atomic E-state index is -0.361. The first-order valence-corrected chi connectivity index (χ1v) is 7.81. The summed E-state index contributed by atoms with van der Waals surface area (Å²) in [6, 6.07) is 5.96. The number of benzene rings is 1. The van der Waals surface area contributed by atoms with Crippen LogP contribution in [0, 0.1) is 11.7 Å². The monoisotopic (exact) mass is 304 g/mol. The summed E-state index contributed by atoms with van der Waals surface area (Å²) in [5.74, 6) is 0.172. The number of carbonyl (C=O) groups excluding carboxylic acids is 2. The zero-order valence-corrected chi connectivity index (χ0v) is 12.8. The fraction of sp³-hybridized carbons (Fsp3) is 0.529. The number of hydrogen-bond donors (Lipinski definition) is 0. The van der Waals surface area contributed by atoms with Gasteiger partial charge < -0.3 is 9.80 Å². The highest BCUT2D eigenvalue weighted by Crippen LogP contribution is 2.30. The van der Waals surface area contributed by atoms with Gasteiger partial charge in [0.1, 0.15) is 5.82 Å². The molecule has 0 aromatic heterocycles. The Bertz CT molecular complexity index is 573. The summed E-state index contributed by atoms with van der Waals surface area (Å²) in [6.45, 7) is 2.71. The molecule has 2 fully saturated rings. The second-order valence-corrected chi connectivity index (χ2v) is 6.33. The van der Waals surface area contributed by atoms with Gasteiger partial charge in [-0.2, -0.15) is 0 Å². The highest BCUT2D eigenvalue weighted by molar-refractivity contribution is 5.97. The molecule has 2 aliphatic rings. The Kier molecular flexibility index (Phi) is 4.25. The molecule has 1 amide bonds. The average Bonchev–Trinajstić information content (AvgIpc) is 3.08. The van der Waals surface area contributed by atoms with Crippen LogP contribution >= 0.6 is 0 Å². The Morgan fingerprint density at radius 2 is 1.91 bits per heavy atom. The van der Waals surface area contributed by atoms with Crippen LogP contribution in [0.5, 0.6) is 0 Å². The highest BCUT2D eigenvalue weighted by Gasteiger charge is 2.40. The molecule has 2 heterocycles.